The van der Waals surface area contributed by atoms with Gasteiger partial charge in [-0.1, -0.05) is 17.3 Å². The van der Waals surface area contributed by atoms with Gasteiger partial charge < -0.3 is 4.90 Å². The molecule has 1 atom stereocenters. The number of nitrogens with zero attached hydrogens (tertiary/aromatic N) is 1. The van der Waals surface area contributed by atoms with Crippen LogP contribution in [0.25, 0.3) is 0 Å². The number of carbonyl (C=O) groups excluding carboxylic acids is 1. The van der Waals surface area contributed by atoms with Gasteiger partial charge in [-0.05, 0) is 13.8 Å². The molecule has 0 aromatic rings. The average molecular weight is 189 g/mol. The molecule has 1 rings (SSSR count). The van der Waals surface area contributed by atoms with Crippen LogP contribution in [0.15, 0.2) is 10.5 Å². The fourth-order valence-electron chi connectivity index (χ4n) is 0.827. The van der Waals surface area contributed by atoms with E-state index >= 15 is 0 Å². The van der Waals surface area contributed by atoms with Crippen molar-refractivity contribution in [2.75, 3.05) is 7.05 Å². The van der Waals surface area contributed by atoms with Crippen molar-refractivity contribution in [2.24, 2.45) is 0 Å². The van der Waals surface area contributed by atoms with E-state index in [0.717, 1.165) is 10.5 Å². The van der Waals surface area contributed by atoms with Crippen LogP contribution in [0.3, 0.4) is 0 Å². The molecule has 0 aliphatic carbocycles. The monoisotopic (exact) mass is 189 g/mol. The summed E-state index contributed by atoms with van der Waals surface area (Å²) < 4.78 is -0.00704. The number of allylic oxidation sites excluding steroid dienone is 1. The van der Waals surface area contributed by atoms with Crippen molar-refractivity contribution in [1.82, 2.24) is 4.90 Å². The maximum absolute atomic E-state index is 11.4. The first-order valence-electron chi connectivity index (χ1n) is 3.33. The van der Waals surface area contributed by atoms with Crippen LogP contribution in [-0.4, -0.2) is 22.6 Å². The van der Waals surface area contributed by atoms with Crippen LogP contribution in [0.1, 0.15) is 13.8 Å². The van der Waals surface area contributed by atoms with Gasteiger partial charge in [-0.25, -0.2) is 0 Å². The molecule has 1 heterocycles. The fourth-order valence-corrected chi connectivity index (χ4v) is 2.19. The number of hydrogen-bond donors (Lipinski definition) is 1. The van der Waals surface area contributed by atoms with Crippen LogP contribution in [0.2, 0.25) is 0 Å². The van der Waals surface area contributed by atoms with Crippen LogP contribution in [-0.2, 0) is 4.79 Å². The summed E-state index contributed by atoms with van der Waals surface area (Å²) in [5.74, 6) is 0.0926. The first kappa shape index (κ1) is 9.00. The van der Waals surface area contributed by atoms with Gasteiger partial charge in [0.2, 0.25) is 0 Å². The van der Waals surface area contributed by atoms with Crippen LogP contribution in [0, 0.1) is 0 Å². The zero-order valence-electron chi connectivity index (χ0n) is 6.79. The van der Waals surface area contributed by atoms with Crippen LogP contribution >= 0.6 is 24.4 Å². The van der Waals surface area contributed by atoms with Gasteiger partial charge >= 0.3 is 0 Å². The number of thioether (sulfide) groups is 1. The molecule has 1 fully saturated rings. The Morgan fingerprint density at radius 1 is 1.64 bits per heavy atom. The molecule has 0 aromatic heterocycles. The maximum atomic E-state index is 11.4. The number of hydrogen-bond acceptors (Lipinski definition) is 3. The Morgan fingerprint density at radius 3 is 2.36 bits per heavy atom. The van der Waals surface area contributed by atoms with E-state index in [4.69, 9.17) is 0 Å². The van der Waals surface area contributed by atoms with Gasteiger partial charge in [0.05, 0.1) is 4.91 Å². The highest BCUT2D eigenvalue weighted by Gasteiger charge is 2.31. The Balaban J connectivity index is 2.93. The van der Waals surface area contributed by atoms with Crippen molar-refractivity contribution < 1.29 is 4.79 Å². The summed E-state index contributed by atoms with van der Waals surface area (Å²) in [4.78, 5) is 13.8. The average Bonchev–Trinajstić information content (AvgIpc) is 2.17. The van der Waals surface area contributed by atoms with Gasteiger partial charge in [0.25, 0.3) is 5.91 Å². The second kappa shape index (κ2) is 3.11. The minimum absolute atomic E-state index is 0.00704. The Hall–Kier alpha value is -0.0900. The Labute approximate surface area is 76.4 Å². The molecule has 0 bridgehead atoms. The zero-order valence-corrected chi connectivity index (χ0v) is 8.50. The lowest BCUT2D eigenvalue weighted by atomic mass is 10.3. The van der Waals surface area contributed by atoms with Crippen molar-refractivity contribution in [3.63, 3.8) is 0 Å². The van der Waals surface area contributed by atoms with Gasteiger partial charge in [-0.3, -0.25) is 4.79 Å². The molecule has 0 saturated carbocycles. The highest BCUT2D eigenvalue weighted by atomic mass is 32.2. The van der Waals surface area contributed by atoms with Crippen molar-refractivity contribution in [3.05, 3.63) is 10.5 Å². The van der Waals surface area contributed by atoms with E-state index in [1.165, 1.54) is 11.8 Å². The first-order chi connectivity index (χ1) is 5.04. The van der Waals surface area contributed by atoms with Gasteiger partial charge in [0.1, 0.15) is 4.71 Å². The molecule has 0 spiro atoms. The van der Waals surface area contributed by atoms with E-state index in [0.29, 0.717) is 0 Å². The van der Waals surface area contributed by atoms with Gasteiger partial charge in [-0.15, -0.1) is 12.6 Å². The minimum Gasteiger partial charge on any atom is -0.320 e. The van der Waals surface area contributed by atoms with E-state index in [-0.39, 0.29) is 10.6 Å². The van der Waals surface area contributed by atoms with Crippen LogP contribution in [0.5, 0.6) is 0 Å². The van der Waals surface area contributed by atoms with Crippen molar-refractivity contribution in [2.45, 2.75) is 18.6 Å². The Morgan fingerprint density at radius 2 is 2.18 bits per heavy atom. The molecule has 1 amide bonds. The smallest absolute Gasteiger partial charge is 0.261 e. The first-order valence-corrected chi connectivity index (χ1v) is 4.73. The summed E-state index contributed by atoms with van der Waals surface area (Å²) in [5.41, 5.74) is 1.07. The third-order valence-corrected chi connectivity index (χ3v) is 3.53. The van der Waals surface area contributed by atoms with Gasteiger partial charge in [-0.2, -0.15) is 0 Å². The number of amides is 1. The highest BCUT2D eigenvalue weighted by Crippen LogP contribution is 2.37. The number of likely N-dealkylation sites (N-methyl/N-ethyl adjacent to an activating group) is 1. The molecule has 1 aliphatic heterocycles. The molecule has 11 heavy (non-hydrogen) atoms. The molecule has 2 nitrogen and oxygen atoms in total. The van der Waals surface area contributed by atoms with Gasteiger partial charge in [0.15, 0.2) is 0 Å². The summed E-state index contributed by atoms with van der Waals surface area (Å²) in [6, 6.07) is 0. The van der Waals surface area contributed by atoms with E-state index in [1.54, 1.807) is 11.9 Å². The number of rotatable bonds is 0. The molecule has 1 unspecified atom stereocenters. The molecular formula is C7H11NOS2. The summed E-state index contributed by atoms with van der Waals surface area (Å²) in [5, 5.41) is 0. The lowest BCUT2D eigenvalue weighted by Gasteiger charge is -2.10. The van der Waals surface area contributed by atoms with Crippen molar-refractivity contribution >= 4 is 30.3 Å². The Kier molecular flexibility index (Phi) is 2.54. The molecule has 1 aliphatic rings. The number of thiol groups is 1. The maximum Gasteiger partial charge on any atom is 0.261 e. The van der Waals surface area contributed by atoms with Crippen LogP contribution < -0.4 is 0 Å². The summed E-state index contributed by atoms with van der Waals surface area (Å²) >= 11 is 5.74. The third-order valence-electron chi connectivity index (χ3n) is 1.52. The van der Waals surface area contributed by atoms with E-state index in [2.05, 4.69) is 12.6 Å². The standard InChI is InChI=1S/C7H11NOS2/c1-4(2)5-6(9)8(3)7(10)11-5/h7,10H,1-3H3. The van der Waals surface area contributed by atoms with Gasteiger partial charge in [0, 0.05) is 7.05 Å². The predicted molar refractivity (Wildman–Crippen MR) is 51.5 cm³/mol. The van der Waals surface area contributed by atoms with E-state index in [9.17, 15) is 4.79 Å². The molecule has 0 aromatic carbocycles. The summed E-state index contributed by atoms with van der Waals surface area (Å²) in [6.07, 6.45) is 0. The topological polar surface area (TPSA) is 20.3 Å². The minimum atomic E-state index is -0.00704. The van der Waals surface area contributed by atoms with Crippen molar-refractivity contribution in [3.8, 4) is 0 Å². The van der Waals surface area contributed by atoms with Crippen molar-refractivity contribution in [1.29, 1.82) is 0 Å². The number of carbonyl (C=O) groups is 1. The molecule has 0 N–H and O–H groups in total. The van der Waals surface area contributed by atoms with E-state index in [1.807, 2.05) is 13.8 Å². The molecule has 4 heteroatoms. The fraction of sp³-hybridized carbons (Fsp3) is 0.571. The summed E-state index contributed by atoms with van der Waals surface area (Å²) in [6.45, 7) is 3.89. The lowest BCUT2D eigenvalue weighted by Crippen LogP contribution is -2.24. The summed E-state index contributed by atoms with van der Waals surface area (Å²) in [7, 11) is 1.77. The second-order valence-electron chi connectivity index (χ2n) is 2.69. The van der Waals surface area contributed by atoms with E-state index < -0.39 is 0 Å². The SMILES string of the molecule is CC(C)=C1SC(S)N(C)C1=O. The highest BCUT2D eigenvalue weighted by molar-refractivity contribution is 8.14. The normalized spacial score (nSPS) is 24.7. The quantitative estimate of drug-likeness (QED) is 0.462. The molecule has 1 saturated heterocycles. The largest absolute Gasteiger partial charge is 0.320 e. The molecule has 62 valence electrons. The second-order valence-corrected chi connectivity index (χ2v) is 4.62. The molecular weight excluding hydrogens is 178 g/mol. The Bertz CT molecular complexity index is 220. The van der Waals surface area contributed by atoms with Crippen LogP contribution in [0.4, 0.5) is 0 Å². The lowest BCUT2D eigenvalue weighted by molar-refractivity contribution is -0.124. The molecule has 0 radical (unpaired) electrons. The predicted octanol–water partition coefficient (Wildman–Crippen LogP) is 1.70. The zero-order chi connectivity index (χ0) is 8.59. The third kappa shape index (κ3) is 1.56.